The Hall–Kier alpha value is -2.22. The van der Waals surface area contributed by atoms with E-state index in [1.165, 1.54) is 6.33 Å². The molecule has 0 unspecified atom stereocenters. The van der Waals surface area contributed by atoms with Crippen LogP contribution in [0.4, 0.5) is 5.82 Å². The van der Waals surface area contributed by atoms with E-state index in [0.717, 1.165) is 11.9 Å². The van der Waals surface area contributed by atoms with E-state index < -0.39 is 0 Å². The molecule has 0 aliphatic carbocycles. The molecule has 2 aromatic rings. The van der Waals surface area contributed by atoms with E-state index in [0.29, 0.717) is 24.6 Å². The van der Waals surface area contributed by atoms with Gasteiger partial charge in [0.05, 0.1) is 12.9 Å². The molecule has 0 spiro atoms. The molecule has 4 N–H and O–H groups in total. The number of imidazole rings is 1. The molecule has 0 aliphatic heterocycles. The van der Waals surface area contributed by atoms with Crippen molar-refractivity contribution >= 4 is 22.9 Å². The summed E-state index contributed by atoms with van der Waals surface area (Å²) in [5.41, 5.74) is 6.67. The number of nitrogens with one attached hydrogen (secondary N) is 2. The van der Waals surface area contributed by atoms with Gasteiger partial charge in [0.15, 0.2) is 11.5 Å². The van der Waals surface area contributed by atoms with Crippen LogP contribution in [-0.2, 0) is 4.79 Å². The summed E-state index contributed by atoms with van der Waals surface area (Å²) in [4.78, 5) is 28.7. The van der Waals surface area contributed by atoms with Gasteiger partial charge < -0.3 is 20.9 Å². The maximum Gasteiger partial charge on any atom is 0.239 e. The van der Waals surface area contributed by atoms with Gasteiger partial charge in [-0.3, -0.25) is 4.79 Å². The first-order chi connectivity index (χ1) is 9.22. The van der Waals surface area contributed by atoms with Crippen LogP contribution in [0.3, 0.4) is 0 Å². The van der Waals surface area contributed by atoms with Crippen LogP contribution in [0.25, 0.3) is 11.2 Å². The average Bonchev–Trinajstić information content (AvgIpc) is 2.86. The highest BCUT2D eigenvalue weighted by atomic mass is 16.2. The van der Waals surface area contributed by atoms with Gasteiger partial charge in [0.2, 0.25) is 5.91 Å². The minimum Gasteiger partial charge on any atom is -0.355 e. The fraction of sp³-hybridized carbons (Fsp3) is 0.455. The Kier molecular flexibility index (Phi) is 4.24. The lowest BCUT2D eigenvalue weighted by atomic mass is 10.4. The lowest BCUT2D eigenvalue weighted by Gasteiger charge is -2.17. The van der Waals surface area contributed by atoms with Crippen molar-refractivity contribution in [1.82, 2.24) is 25.3 Å². The smallest absolute Gasteiger partial charge is 0.239 e. The Morgan fingerprint density at radius 1 is 1.47 bits per heavy atom. The molecule has 0 atom stereocenters. The summed E-state index contributed by atoms with van der Waals surface area (Å²) < 4.78 is 0. The van der Waals surface area contributed by atoms with Crippen LogP contribution in [0.1, 0.15) is 6.42 Å². The van der Waals surface area contributed by atoms with Crippen LogP contribution in [0.15, 0.2) is 12.7 Å². The zero-order valence-corrected chi connectivity index (χ0v) is 10.8. The minimum absolute atomic E-state index is 0.0674. The number of aromatic amines is 1. The molecule has 0 aliphatic rings. The van der Waals surface area contributed by atoms with Crippen LogP contribution < -0.4 is 16.0 Å². The van der Waals surface area contributed by atoms with Gasteiger partial charge in [-0.2, -0.15) is 0 Å². The summed E-state index contributed by atoms with van der Waals surface area (Å²) in [6.45, 7) is 1.37. The number of likely N-dealkylation sites (N-methyl/N-ethyl adjacent to an activating group) is 1. The van der Waals surface area contributed by atoms with E-state index in [9.17, 15) is 4.79 Å². The Morgan fingerprint density at radius 3 is 3.11 bits per heavy atom. The van der Waals surface area contributed by atoms with E-state index >= 15 is 0 Å². The summed E-state index contributed by atoms with van der Waals surface area (Å²) in [6, 6.07) is 0. The quantitative estimate of drug-likeness (QED) is 0.591. The van der Waals surface area contributed by atoms with Gasteiger partial charge in [0, 0.05) is 13.6 Å². The summed E-state index contributed by atoms with van der Waals surface area (Å²) in [5.74, 6) is 0.582. The van der Waals surface area contributed by atoms with E-state index in [4.69, 9.17) is 5.73 Å². The van der Waals surface area contributed by atoms with E-state index in [1.807, 2.05) is 0 Å². The predicted molar refractivity (Wildman–Crippen MR) is 71.6 cm³/mol. The van der Waals surface area contributed by atoms with Gasteiger partial charge in [0.25, 0.3) is 0 Å². The van der Waals surface area contributed by atoms with E-state index in [-0.39, 0.29) is 12.5 Å². The highest BCUT2D eigenvalue weighted by Gasteiger charge is 2.13. The molecule has 0 radical (unpaired) electrons. The Morgan fingerprint density at radius 2 is 2.32 bits per heavy atom. The Balaban J connectivity index is 2.01. The van der Waals surface area contributed by atoms with Gasteiger partial charge in [-0.05, 0) is 13.0 Å². The van der Waals surface area contributed by atoms with Crippen molar-refractivity contribution in [3.63, 3.8) is 0 Å². The Bertz CT molecular complexity index is 553. The summed E-state index contributed by atoms with van der Waals surface area (Å²) in [7, 11) is 1.80. The number of hydrogen-bond acceptors (Lipinski definition) is 6. The molecule has 8 nitrogen and oxygen atoms in total. The van der Waals surface area contributed by atoms with Crippen molar-refractivity contribution in [3.05, 3.63) is 12.7 Å². The normalized spacial score (nSPS) is 10.6. The SMILES string of the molecule is CN(CC(=O)NCCCN)c1ncnc2nc[nH]c12. The van der Waals surface area contributed by atoms with E-state index in [2.05, 4.69) is 25.3 Å². The molecule has 19 heavy (non-hydrogen) atoms. The summed E-state index contributed by atoms with van der Waals surface area (Å²) in [5, 5.41) is 2.80. The number of hydrogen-bond donors (Lipinski definition) is 3. The second-order valence-corrected chi connectivity index (χ2v) is 4.15. The average molecular weight is 263 g/mol. The number of amides is 1. The van der Waals surface area contributed by atoms with Crippen molar-refractivity contribution in [1.29, 1.82) is 0 Å². The molecular formula is C11H17N7O. The van der Waals surface area contributed by atoms with Crippen LogP contribution in [-0.4, -0.2) is 52.5 Å². The molecule has 0 saturated heterocycles. The first kappa shape index (κ1) is 13.2. The molecule has 0 saturated carbocycles. The largest absolute Gasteiger partial charge is 0.355 e. The van der Waals surface area contributed by atoms with Crippen molar-refractivity contribution in [2.45, 2.75) is 6.42 Å². The first-order valence-corrected chi connectivity index (χ1v) is 6.04. The molecule has 2 rings (SSSR count). The number of fused-ring (bicyclic) bond motifs is 1. The third-order valence-corrected chi connectivity index (χ3v) is 2.65. The maximum absolute atomic E-state index is 11.7. The lowest BCUT2D eigenvalue weighted by Crippen LogP contribution is -2.36. The molecule has 8 heteroatoms. The molecule has 2 aromatic heterocycles. The van der Waals surface area contributed by atoms with Gasteiger partial charge in [-0.25, -0.2) is 15.0 Å². The van der Waals surface area contributed by atoms with Gasteiger partial charge in [-0.1, -0.05) is 0 Å². The second kappa shape index (κ2) is 6.10. The number of rotatable bonds is 6. The highest BCUT2D eigenvalue weighted by molar-refractivity contribution is 5.86. The number of nitrogens with zero attached hydrogens (tertiary/aromatic N) is 4. The van der Waals surface area contributed by atoms with Gasteiger partial charge >= 0.3 is 0 Å². The third-order valence-electron chi connectivity index (χ3n) is 2.65. The monoisotopic (exact) mass is 263 g/mol. The predicted octanol–water partition coefficient (Wildman–Crippen LogP) is -0.746. The number of anilines is 1. The standard InChI is InChI=1S/C11H17N7O/c1-18(5-8(19)13-4-2-3-12)11-9-10(15-6-14-9)16-7-17-11/h6-7H,2-5,12H2,1H3,(H,13,19)(H,14,15,16,17). The number of carbonyl (C=O) groups is 1. The van der Waals surface area contributed by atoms with Crippen molar-refractivity contribution in [2.24, 2.45) is 5.73 Å². The van der Waals surface area contributed by atoms with Crippen LogP contribution in [0.2, 0.25) is 0 Å². The van der Waals surface area contributed by atoms with Crippen LogP contribution in [0, 0.1) is 0 Å². The minimum atomic E-state index is -0.0674. The Labute approximate surface area is 110 Å². The maximum atomic E-state index is 11.7. The van der Waals surface area contributed by atoms with Crippen molar-refractivity contribution in [3.8, 4) is 0 Å². The molecular weight excluding hydrogens is 246 g/mol. The third kappa shape index (κ3) is 3.16. The fourth-order valence-corrected chi connectivity index (χ4v) is 1.72. The molecule has 0 aromatic carbocycles. The summed E-state index contributed by atoms with van der Waals surface area (Å²) >= 11 is 0. The zero-order valence-electron chi connectivity index (χ0n) is 10.8. The zero-order chi connectivity index (χ0) is 13.7. The molecule has 0 bridgehead atoms. The van der Waals surface area contributed by atoms with Crippen LogP contribution >= 0.6 is 0 Å². The highest BCUT2D eigenvalue weighted by Crippen LogP contribution is 2.17. The van der Waals surface area contributed by atoms with Gasteiger partial charge in [0.1, 0.15) is 11.8 Å². The first-order valence-electron chi connectivity index (χ1n) is 6.04. The topological polar surface area (TPSA) is 113 Å². The number of H-pyrrole nitrogens is 1. The molecule has 0 fully saturated rings. The molecule has 1 amide bonds. The molecule has 2 heterocycles. The second-order valence-electron chi connectivity index (χ2n) is 4.15. The number of carbonyl (C=O) groups excluding carboxylic acids is 1. The lowest BCUT2D eigenvalue weighted by molar-refractivity contribution is -0.119. The number of aromatic nitrogens is 4. The van der Waals surface area contributed by atoms with E-state index in [1.54, 1.807) is 18.3 Å². The van der Waals surface area contributed by atoms with Crippen LogP contribution in [0.5, 0.6) is 0 Å². The fourth-order valence-electron chi connectivity index (χ4n) is 1.72. The van der Waals surface area contributed by atoms with Gasteiger partial charge in [-0.15, -0.1) is 0 Å². The van der Waals surface area contributed by atoms with Crippen molar-refractivity contribution < 1.29 is 4.79 Å². The number of nitrogens with two attached hydrogens (primary N) is 1. The molecule has 102 valence electrons. The van der Waals surface area contributed by atoms with Crippen molar-refractivity contribution in [2.75, 3.05) is 31.6 Å². The summed E-state index contributed by atoms with van der Waals surface area (Å²) in [6.07, 6.45) is 3.76.